The number of thiazole rings is 1. The first-order valence-corrected chi connectivity index (χ1v) is 7.45. The van der Waals surface area contributed by atoms with Gasteiger partial charge in [0.15, 0.2) is 0 Å². The van der Waals surface area contributed by atoms with Crippen LogP contribution in [0.5, 0.6) is 0 Å². The molecule has 1 unspecified atom stereocenters. The number of carbonyl (C=O) groups excluding carboxylic acids is 1. The summed E-state index contributed by atoms with van der Waals surface area (Å²) in [5.74, 6) is -0.276. The van der Waals surface area contributed by atoms with Crippen LogP contribution < -0.4 is 11.1 Å². The molecule has 0 saturated carbocycles. The first kappa shape index (κ1) is 14.2. The van der Waals surface area contributed by atoms with Crippen LogP contribution in [0.3, 0.4) is 0 Å². The van der Waals surface area contributed by atoms with Crippen molar-refractivity contribution in [3.8, 4) is 0 Å². The number of carbonyl (C=O) groups is 1. The number of hydrogen-bond donors (Lipinski definition) is 2. The zero-order valence-electron chi connectivity index (χ0n) is 10.6. The Labute approximate surface area is 121 Å². The molecule has 0 aliphatic rings. The van der Waals surface area contributed by atoms with E-state index in [0.717, 1.165) is 23.1 Å². The molecule has 19 heavy (non-hydrogen) atoms. The van der Waals surface area contributed by atoms with Crippen molar-refractivity contribution in [3.63, 3.8) is 0 Å². The lowest BCUT2D eigenvalue weighted by Gasteiger charge is -2.15. The maximum atomic E-state index is 12.2. The first-order valence-electron chi connectivity index (χ1n) is 6.20. The molecule has 2 aromatic rings. The summed E-state index contributed by atoms with van der Waals surface area (Å²) in [6.07, 6.45) is 1.69. The lowest BCUT2D eigenvalue weighted by Crippen LogP contribution is -2.29. The van der Waals surface area contributed by atoms with Gasteiger partial charge in [0.25, 0.3) is 0 Å². The zero-order chi connectivity index (χ0) is 13.8. The maximum Gasteiger partial charge on any atom is 0.228 e. The molecule has 0 aliphatic carbocycles. The largest absolute Gasteiger partial charge is 0.330 e. The van der Waals surface area contributed by atoms with Crippen molar-refractivity contribution in [2.24, 2.45) is 11.7 Å². The van der Waals surface area contributed by atoms with Gasteiger partial charge in [-0.05, 0) is 18.6 Å². The highest BCUT2D eigenvalue weighted by molar-refractivity contribution is 7.16. The topological polar surface area (TPSA) is 68.0 Å². The molecule has 0 radical (unpaired) electrons. The number of halogens is 1. The number of rotatable bonds is 5. The number of fused-ring (bicyclic) bond motifs is 1. The molecular formula is C13H16ClN3OS. The second-order valence-corrected chi connectivity index (χ2v) is 5.63. The van der Waals surface area contributed by atoms with Crippen LogP contribution in [0.4, 0.5) is 5.69 Å². The highest BCUT2D eigenvalue weighted by Gasteiger charge is 2.18. The van der Waals surface area contributed by atoms with Crippen molar-refractivity contribution in [2.45, 2.75) is 19.8 Å². The third kappa shape index (κ3) is 3.05. The SMILES string of the molecule is CCCC(CN)C(=O)Nc1c(Cl)ccc2scnc12. The summed E-state index contributed by atoms with van der Waals surface area (Å²) in [7, 11) is 0. The van der Waals surface area contributed by atoms with E-state index in [1.807, 2.05) is 13.0 Å². The molecule has 102 valence electrons. The number of amides is 1. The van der Waals surface area contributed by atoms with Crippen LogP contribution in [0.25, 0.3) is 10.2 Å². The summed E-state index contributed by atoms with van der Waals surface area (Å²) in [5, 5.41) is 3.37. The van der Waals surface area contributed by atoms with Crippen molar-refractivity contribution in [1.82, 2.24) is 4.98 Å². The van der Waals surface area contributed by atoms with Gasteiger partial charge in [-0.3, -0.25) is 4.79 Å². The van der Waals surface area contributed by atoms with E-state index in [-0.39, 0.29) is 11.8 Å². The Hall–Kier alpha value is -1.17. The van der Waals surface area contributed by atoms with E-state index < -0.39 is 0 Å². The Bertz CT molecular complexity index is 584. The van der Waals surface area contributed by atoms with E-state index in [1.165, 1.54) is 11.3 Å². The number of aromatic nitrogens is 1. The van der Waals surface area contributed by atoms with E-state index >= 15 is 0 Å². The number of nitrogens with one attached hydrogen (secondary N) is 1. The smallest absolute Gasteiger partial charge is 0.228 e. The summed E-state index contributed by atoms with van der Waals surface area (Å²) >= 11 is 7.66. The van der Waals surface area contributed by atoms with Crippen molar-refractivity contribution >= 4 is 44.7 Å². The van der Waals surface area contributed by atoms with E-state index in [9.17, 15) is 4.79 Å². The van der Waals surface area contributed by atoms with Gasteiger partial charge in [0.05, 0.1) is 26.8 Å². The molecule has 6 heteroatoms. The Kier molecular flexibility index (Phi) is 4.74. The Morgan fingerprint density at radius 3 is 3.05 bits per heavy atom. The normalized spacial score (nSPS) is 12.6. The van der Waals surface area contributed by atoms with Gasteiger partial charge in [0.2, 0.25) is 5.91 Å². The lowest BCUT2D eigenvalue weighted by atomic mass is 10.0. The minimum Gasteiger partial charge on any atom is -0.330 e. The minimum atomic E-state index is -0.185. The van der Waals surface area contributed by atoms with Crippen LogP contribution in [0.15, 0.2) is 17.6 Å². The van der Waals surface area contributed by atoms with Crippen LogP contribution in [-0.4, -0.2) is 17.4 Å². The van der Waals surface area contributed by atoms with Gasteiger partial charge in [-0.1, -0.05) is 24.9 Å². The fourth-order valence-corrected chi connectivity index (χ4v) is 2.84. The van der Waals surface area contributed by atoms with Crippen molar-refractivity contribution in [1.29, 1.82) is 0 Å². The number of nitrogens with zero attached hydrogens (tertiary/aromatic N) is 1. The average Bonchev–Trinajstić information content (AvgIpc) is 2.87. The fraction of sp³-hybridized carbons (Fsp3) is 0.385. The van der Waals surface area contributed by atoms with Gasteiger partial charge < -0.3 is 11.1 Å². The lowest BCUT2D eigenvalue weighted by molar-refractivity contribution is -0.119. The second kappa shape index (κ2) is 6.32. The molecule has 1 aromatic carbocycles. The van der Waals surface area contributed by atoms with E-state index in [2.05, 4.69) is 10.3 Å². The predicted molar refractivity (Wildman–Crippen MR) is 80.7 cm³/mol. The molecule has 1 heterocycles. The van der Waals surface area contributed by atoms with Gasteiger partial charge in [-0.25, -0.2) is 4.98 Å². The van der Waals surface area contributed by atoms with Gasteiger partial charge in [-0.15, -0.1) is 11.3 Å². The molecular weight excluding hydrogens is 282 g/mol. The monoisotopic (exact) mass is 297 g/mol. The first-order chi connectivity index (χ1) is 9.17. The van der Waals surface area contributed by atoms with Crippen LogP contribution in [0.1, 0.15) is 19.8 Å². The molecule has 1 atom stereocenters. The molecule has 2 rings (SSSR count). The second-order valence-electron chi connectivity index (χ2n) is 4.33. The van der Waals surface area contributed by atoms with Gasteiger partial charge >= 0.3 is 0 Å². The molecule has 0 bridgehead atoms. The molecule has 0 saturated heterocycles. The van der Waals surface area contributed by atoms with Gasteiger partial charge in [0.1, 0.15) is 5.52 Å². The van der Waals surface area contributed by atoms with Gasteiger partial charge in [-0.2, -0.15) is 0 Å². The van der Waals surface area contributed by atoms with Crippen LogP contribution in [0, 0.1) is 5.92 Å². The van der Waals surface area contributed by atoms with Crippen molar-refractivity contribution in [3.05, 3.63) is 22.7 Å². The molecule has 0 aliphatic heterocycles. The molecule has 3 N–H and O–H groups in total. The fourth-order valence-electron chi connectivity index (χ4n) is 1.96. The molecule has 1 aromatic heterocycles. The number of benzene rings is 1. The van der Waals surface area contributed by atoms with Gasteiger partial charge in [0, 0.05) is 6.54 Å². The quantitative estimate of drug-likeness (QED) is 0.890. The third-order valence-electron chi connectivity index (χ3n) is 2.99. The molecule has 1 amide bonds. The van der Waals surface area contributed by atoms with Crippen molar-refractivity contribution < 1.29 is 4.79 Å². The average molecular weight is 298 g/mol. The number of nitrogens with two attached hydrogens (primary N) is 1. The Morgan fingerprint density at radius 2 is 2.37 bits per heavy atom. The van der Waals surface area contributed by atoms with Crippen molar-refractivity contribution in [2.75, 3.05) is 11.9 Å². The Balaban J connectivity index is 2.27. The predicted octanol–water partition coefficient (Wildman–Crippen LogP) is 3.26. The number of anilines is 1. The van der Waals surface area contributed by atoms with Crippen LogP contribution in [0.2, 0.25) is 5.02 Å². The minimum absolute atomic E-state index is 0.0910. The zero-order valence-corrected chi connectivity index (χ0v) is 12.2. The van der Waals surface area contributed by atoms with Crippen LogP contribution >= 0.6 is 22.9 Å². The summed E-state index contributed by atoms with van der Waals surface area (Å²) in [6, 6.07) is 3.67. The van der Waals surface area contributed by atoms with E-state index in [4.69, 9.17) is 17.3 Å². The summed E-state index contributed by atoms with van der Waals surface area (Å²) in [4.78, 5) is 16.4. The Morgan fingerprint density at radius 1 is 1.58 bits per heavy atom. The standard InChI is InChI=1S/C13H16ClN3OS/c1-2-3-8(6-15)13(18)17-11-9(14)4-5-10-12(11)16-7-19-10/h4-5,7-8H,2-3,6,15H2,1H3,(H,17,18). The third-order valence-corrected chi connectivity index (χ3v) is 4.10. The number of hydrogen-bond acceptors (Lipinski definition) is 4. The summed E-state index contributed by atoms with van der Waals surface area (Å²) in [5.41, 5.74) is 8.69. The maximum absolute atomic E-state index is 12.2. The summed E-state index contributed by atoms with van der Waals surface area (Å²) < 4.78 is 1.000. The highest BCUT2D eigenvalue weighted by Crippen LogP contribution is 2.32. The highest BCUT2D eigenvalue weighted by atomic mass is 35.5. The molecule has 4 nitrogen and oxygen atoms in total. The van der Waals surface area contributed by atoms with E-state index in [1.54, 1.807) is 11.6 Å². The summed E-state index contributed by atoms with van der Waals surface area (Å²) in [6.45, 7) is 2.37. The molecule has 0 fully saturated rings. The molecule has 0 spiro atoms. The van der Waals surface area contributed by atoms with E-state index in [0.29, 0.717) is 17.3 Å². The van der Waals surface area contributed by atoms with Crippen LogP contribution in [-0.2, 0) is 4.79 Å².